The molecular weight excluding hydrogens is 497 g/mol. The molecule has 0 saturated heterocycles. The summed E-state index contributed by atoms with van der Waals surface area (Å²) in [7, 11) is 0. The number of aryl methyl sites for hydroxylation is 1. The number of alkyl halides is 3. The third-order valence-electron chi connectivity index (χ3n) is 5.43. The minimum atomic E-state index is -4.52. The number of halogens is 3. The Labute approximate surface area is 219 Å². The number of rotatable bonds is 10. The van der Waals surface area contributed by atoms with E-state index in [1.165, 1.54) is 31.3 Å². The summed E-state index contributed by atoms with van der Waals surface area (Å²) in [5.74, 6) is 0.555. The van der Waals surface area contributed by atoms with Crippen molar-refractivity contribution in [1.29, 1.82) is 0 Å². The lowest BCUT2D eigenvalue weighted by Gasteiger charge is -2.13. The fraction of sp³-hybridized carbons (Fsp3) is 0.250. The predicted octanol–water partition coefficient (Wildman–Crippen LogP) is 7.32. The molecule has 200 valence electrons. The highest BCUT2D eigenvalue weighted by atomic mass is 19.4. The number of carbonyl (C=O) groups is 2. The van der Waals surface area contributed by atoms with Gasteiger partial charge >= 0.3 is 12.2 Å². The quantitative estimate of drug-likeness (QED) is 0.191. The van der Waals surface area contributed by atoms with E-state index in [0.29, 0.717) is 23.7 Å². The van der Waals surface area contributed by atoms with Gasteiger partial charge in [-0.3, -0.25) is 9.78 Å². The number of ether oxygens (including phenoxy) is 1. The van der Waals surface area contributed by atoms with Crippen molar-refractivity contribution in [2.24, 2.45) is 0 Å². The van der Waals surface area contributed by atoms with E-state index in [9.17, 15) is 22.8 Å². The molecule has 0 aliphatic rings. The van der Waals surface area contributed by atoms with Gasteiger partial charge in [-0.15, -0.1) is 6.58 Å². The Hall–Kier alpha value is -4.34. The van der Waals surface area contributed by atoms with Gasteiger partial charge in [0.15, 0.2) is 0 Å². The van der Waals surface area contributed by atoms with E-state index in [0.717, 1.165) is 30.9 Å². The van der Waals surface area contributed by atoms with E-state index >= 15 is 0 Å². The molecule has 0 radical (unpaired) electrons. The van der Waals surface area contributed by atoms with Gasteiger partial charge in [0.05, 0.1) is 5.56 Å². The average molecular weight is 527 g/mol. The van der Waals surface area contributed by atoms with Crippen LogP contribution in [-0.2, 0) is 6.18 Å². The minimum Gasteiger partial charge on any atom is -0.457 e. The first-order chi connectivity index (χ1) is 18.0. The summed E-state index contributed by atoms with van der Waals surface area (Å²) in [5.41, 5.74) is 1.01. The molecule has 3 amide bonds. The second-order valence-electron chi connectivity index (χ2n) is 8.78. The Bertz CT molecular complexity index is 1290. The Kier molecular flexibility index (Phi) is 9.48. The van der Waals surface area contributed by atoms with Crippen molar-refractivity contribution >= 4 is 23.3 Å². The van der Waals surface area contributed by atoms with Crippen LogP contribution in [0.1, 0.15) is 47.8 Å². The van der Waals surface area contributed by atoms with E-state index in [1.54, 1.807) is 30.3 Å². The van der Waals surface area contributed by atoms with Crippen molar-refractivity contribution < 1.29 is 27.5 Å². The summed E-state index contributed by atoms with van der Waals surface area (Å²) in [6.07, 6.45) is -0.332. The van der Waals surface area contributed by atoms with Gasteiger partial charge in [0.25, 0.3) is 5.91 Å². The maximum atomic E-state index is 13.1. The lowest BCUT2D eigenvalue weighted by molar-refractivity contribution is -0.138. The normalized spacial score (nSPS) is 11.0. The first kappa shape index (κ1) is 28.2. The van der Waals surface area contributed by atoms with E-state index in [1.807, 2.05) is 6.92 Å². The highest BCUT2D eigenvalue weighted by molar-refractivity contribution is 5.99. The van der Waals surface area contributed by atoms with Gasteiger partial charge in [0, 0.05) is 30.2 Å². The number of aromatic nitrogens is 1. The molecule has 1 aromatic heterocycles. The molecule has 0 aliphatic carbocycles. The number of pyridine rings is 1. The smallest absolute Gasteiger partial charge is 0.416 e. The fourth-order valence-electron chi connectivity index (χ4n) is 3.48. The molecule has 10 heteroatoms. The molecule has 1 heterocycles. The van der Waals surface area contributed by atoms with E-state index in [-0.39, 0.29) is 22.9 Å². The number of carbonyl (C=O) groups excluding carboxylic acids is 2. The molecule has 0 spiro atoms. The largest absolute Gasteiger partial charge is 0.457 e. The van der Waals surface area contributed by atoms with Crippen LogP contribution < -0.4 is 20.7 Å². The standard InChI is InChI=1S/C28H29F3N4O3/c1-18(2)6-4-5-14-33-26(36)25-17-23(13-15-32-25)38-22-11-9-20(10-12-22)34-27(37)35-21-8-7-19(3)24(16-21)28(29,30)31/h7-13,15-17H,1,4-6,14H2,2-3H3,(H,33,36)(H2,34,35,37). The number of amides is 3. The first-order valence-corrected chi connectivity index (χ1v) is 11.9. The van der Waals surface area contributed by atoms with Gasteiger partial charge in [-0.1, -0.05) is 11.6 Å². The third-order valence-corrected chi connectivity index (χ3v) is 5.43. The van der Waals surface area contributed by atoms with E-state index in [4.69, 9.17) is 4.74 Å². The van der Waals surface area contributed by atoms with Crippen molar-refractivity contribution in [1.82, 2.24) is 10.3 Å². The lowest BCUT2D eigenvalue weighted by Crippen LogP contribution is -2.25. The molecule has 3 aromatic rings. The second-order valence-corrected chi connectivity index (χ2v) is 8.78. The third kappa shape index (κ3) is 8.65. The van der Waals surface area contributed by atoms with Crippen molar-refractivity contribution in [3.8, 4) is 11.5 Å². The number of unbranched alkanes of at least 4 members (excludes halogenated alkanes) is 1. The summed E-state index contributed by atoms with van der Waals surface area (Å²) in [5, 5.41) is 7.79. The zero-order chi connectivity index (χ0) is 27.7. The topological polar surface area (TPSA) is 92.4 Å². The van der Waals surface area contributed by atoms with Crippen LogP contribution in [-0.4, -0.2) is 23.5 Å². The number of anilines is 2. The monoisotopic (exact) mass is 526 g/mol. The maximum Gasteiger partial charge on any atom is 0.416 e. The summed E-state index contributed by atoms with van der Waals surface area (Å²) in [4.78, 5) is 28.7. The number of nitrogens with one attached hydrogen (secondary N) is 3. The van der Waals surface area contributed by atoms with Crippen molar-refractivity contribution in [2.75, 3.05) is 17.2 Å². The Morgan fingerprint density at radius 3 is 2.32 bits per heavy atom. The SMILES string of the molecule is C=C(C)CCCCNC(=O)c1cc(Oc2ccc(NC(=O)Nc3ccc(C)c(C(F)(F)F)c3)cc2)ccn1. The Balaban J connectivity index is 1.53. The van der Waals surface area contributed by atoms with E-state index < -0.39 is 17.8 Å². The molecule has 7 nitrogen and oxygen atoms in total. The highest BCUT2D eigenvalue weighted by Gasteiger charge is 2.32. The van der Waals surface area contributed by atoms with Gasteiger partial charge in [-0.2, -0.15) is 13.2 Å². The van der Waals surface area contributed by atoms with Crippen LogP contribution >= 0.6 is 0 Å². The van der Waals surface area contributed by atoms with Crippen LogP contribution in [0.15, 0.2) is 72.9 Å². The Morgan fingerprint density at radius 1 is 0.947 bits per heavy atom. The number of hydrogen-bond acceptors (Lipinski definition) is 4. The van der Waals surface area contributed by atoms with Crippen LogP contribution in [0, 0.1) is 6.92 Å². The molecule has 3 N–H and O–H groups in total. The zero-order valence-corrected chi connectivity index (χ0v) is 21.1. The maximum absolute atomic E-state index is 13.1. The van der Waals surface area contributed by atoms with Crippen LogP contribution in [0.5, 0.6) is 11.5 Å². The molecule has 3 rings (SSSR count). The zero-order valence-electron chi connectivity index (χ0n) is 21.1. The fourth-order valence-corrected chi connectivity index (χ4v) is 3.48. The number of benzene rings is 2. The highest BCUT2D eigenvalue weighted by Crippen LogP contribution is 2.33. The number of nitrogens with zero attached hydrogens (tertiary/aromatic N) is 1. The molecule has 0 aliphatic heterocycles. The van der Waals surface area contributed by atoms with Gasteiger partial charge in [0.1, 0.15) is 17.2 Å². The number of urea groups is 1. The Morgan fingerprint density at radius 2 is 1.63 bits per heavy atom. The molecule has 0 atom stereocenters. The van der Waals surface area contributed by atoms with Gasteiger partial charge in [-0.05, 0) is 81.1 Å². The van der Waals surface area contributed by atoms with Crippen LogP contribution in [0.4, 0.5) is 29.3 Å². The molecule has 0 bridgehead atoms. The van der Waals surface area contributed by atoms with Crippen molar-refractivity contribution in [3.63, 3.8) is 0 Å². The van der Waals surface area contributed by atoms with Crippen LogP contribution in [0.2, 0.25) is 0 Å². The number of allylic oxidation sites excluding steroid dienone is 1. The summed E-state index contributed by atoms with van der Waals surface area (Å²) < 4.78 is 45.1. The molecule has 0 fully saturated rings. The van der Waals surface area contributed by atoms with Crippen molar-refractivity contribution in [2.45, 2.75) is 39.3 Å². The average Bonchev–Trinajstić information content (AvgIpc) is 2.85. The van der Waals surface area contributed by atoms with Crippen LogP contribution in [0.25, 0.3) is 0 Å². The molecule has 0 unspecified atom stereocenters. The first-order valence-electron chi connectivity index (χ1n) is 11.9. The predicted molar refractivity (Wildman–Crippen MR) is 141 cm³/mol. The molecule has 2 aromatic carbocycles. The molecule has 38 heavy (non-hydrogen) atoms. The second kappa shape index (κ2) is 12.8. The van der Waals surface area contributed by atoms with Crippen molar-refractivity contribution in [3.05, 3.63) is 89.8 Å². The summed E-state index contributed by atoms with van der Waals surface area (Å²) in [6.45, 7) is 7.72. The van der Waals surface area contributed by atoms with E-state index in [2.05, 4.69) is 27.5 Å². The lowest BCUT2D eigenvalue weighted by atomic mass is 10.1. The summed E-state index contributed by atoms with van der Waals surface area (Å²) in [6, 6.07) is 12.4. The van der Waals surface area contributed by atoms with Gasteiger partial charge in [-0.25, -0.2) is 4.79 Å². The van der Waals surface area contributed by atoms with Gasteiger partial charge in [0.2, 0.25) is 0 Å². The summed E-state index contributed by atoms with van der Waals surface area (Å²) >= 11 is 0. The molecule has 0 saturated carbocycles. The van der Waals surface area contributed by atoms with Gasteiger partial charge < -0.3 is 20.7 Å². The minimum absolute atomic E-state index is 0.0183. The number of hydrogen-bond donors (Lipinski definition) is 3. The van der Waals surface area contributed by atoms with Crippen LogP contribution in [0.3, 0.4) is 0 Å². The molecular formula is C28H29F3N4O3.